The van der Waals surface area contributed by atoms with Crippen LogP contribution in [0.3, 0.4) is 0 Å². The second-order valence-electron chi connectivity index (χ2n) is 5.35. The summed E-state index contributed by atoms with van der Waals surface area (Å²) in [4.78, 5) is 28.0. The number of hydrogen-bond acceptors (Lipinski definition) is 4. The van der Waals surface area contributed by atoms with Crippen molar-refractivity contribution < 1.29 is 14.3 Å². The predicted octanol–water partition coefficient (Wildman–Crippen LogP) is 1.82. The second kappa shape index (κ2) is 9.15. The number of methoxy groups -OCH3 is 1. The van der Waals surface area contributed by atoms with Crippen LogP contribution in [0.25, 0.3) is 0 Å². The van der Waals surface area contributed by atoms with Crippen molar-refractivity contribution in [2.24, 2.45) is 0 Å². The van der Waals surface area contributed by atoms with Crippen molar-refractivity contribution >= 4 is 17.5 Å². The molecule has 0 fully saturated rings. The molecule has 6 nitrogen and oxygen atoms in total. The Morgan fingerprint density at radius 1 is 1.22 bits per heavy atom. The molecule has 0 heterocycles. The summed E-state index contributed by atoms with van der Waals surface area (Å²) in [6, 6.07) is 6.81. The van der Waals surface area contributed by atoms with Gasteiger partial charge in [0.05, 0.1) is 25.4 Å². The van der Waals surface area contributed by atoms with Crippen LogP contribution in [0.2, 0.25) is 0 Å². The van der Waals surface area contributed by atoms with Gasteiger partial charge >= 0.3 is 0 Å². The third-order valence-electron chi connectivity index (χ3n) is 3.91. The van der Waals surface area contributed by atoms with Crippen molar-refractivity contribution in [2.75, 3.05) is 39.1 Å². The smallest absolute Gasteiger partial charge is 0.241 e. The van der Waals surface area contributed by atoms with E-state index in [4.69, 9.17) is 4.74 Å². The quantitative estimate of drug-likeness (QED) is 0.793. The number of amides is 2. The van der Waals surface area contributed by atoms with Crippen LogP contribution in [0.4, 0.5) is 5.69 Å². The summed E-state index contributed by atoms with van der Waals surface area (Å²) in [6.45, 7) is 7.22. The molecule has 128 valence electrons. The Kier molecular flexibility index (Phi) is 7.54. The number of benzene rings is 1. The molecule has 0 spiro atoms. The molecule has 1 rings (SSSR count). The topological polar surface area (TPSA) is 61.9 Å². The molecule has 0 aliphatic carbocycles. The van der Waals surface area contributed by atoms with E-state index >= 15 is 0 Å². The highest BCUT2D eigenvalue weighted by molar-refractivity contribution is 5.96. The number of carbonyl (C=O) groups excluding carboxylic acids is 2. The van der Waals surface area contributed by atoms with Gasteiger partial charge in [0.1, 0.15) is 5.75 Å². The zero-order chi connectivity index (χ0) is 17.4. The van der Waals surface area contributed by atoms with Gasteiger partial charge in [-0.2, -0.15) is 0 Å². The molecule has 6 heteroatoms. The summed E-state index contributed by atoms with van der Waals surface area (Å²) in [5.41, 5.74) is 0.621. The number of nitrogens with one attached hydrogen (secondary N) is 1. The minimum absolute atomic E-state index is 0.0226. The number of nitrogens with zero attached hydrogens (tertiary/aromatic N) is 2. The standard InChI is InChI=1S/C17H27N3O3/c1-6-20(7-2)16(21)12-19(4)13(3)17(22)18-14-10-8-9-11-15(14)23-5/h8-11,13H,6-7,12H2,1-5H3,(H,18,22). The van der Waals surface area contributed by atoms with Gasteiger partial charge in [0, 0.05) is 13.1 Å². The first-order valence-corrected chi connectivity index (χ1v) is 7.86. The van der Waals surface area contributed by atoms with Gasteiger partial charge in [0.15, 0.2) is 0 Å². The van der Waals surface area contributed by atoms with Crippen LogP contribution in [-0.2, 0) is 9.59 Å². The van der Waals surface area contributed by atoms with Crippen LogP contribution in [0.5, 0.6) is 5.75 Å². The monoisotopic (exact) mass is 321 g/mol. The fraction of sp³-hybridized carbons (Fsp3) is 0.529. The SMILES string of the molecule is CCN(CC)C(=O)CN(C)C(C)C(=O)Nc1ccccc1OC. The molecule has 0 aromatic heterocycles. The summed E-state index contributed by atoms with van der Waals surface area (Å²) in [7, 11) is 3.33. The first-order valence-electron chi connectivity index (χ1n) is 7.86. The van der Waals surface area contributed by atoms with Crippen molar-refractivity contribution in [3.63, 3.8) is 0 Å². The maximum atomic E-state index is 12.4. The average Bonchev–Trinajstić information content (AvgIpc) is 2.55. The molecule has 0 aliphatic rings. The third-order valence-corrected chi connectivity index (χ3v) is 3.91. The summed E-state index contributed by atoms with van der Waals surface area (Å²) >= 11 is 0. The van der Waals surface area contributed by atoms with Crippen molar-refractivity contribution in [1.82, 2.24) is 9.80 Å². The van der Waals surface area contributed by atoms with E-state index in [-0.39, 0.29) is 18.4 Å². The zero-order valence-corrected chi connectivity index (χ0v) is 14.6. The van der Waals surface area contributed by atoms with Gasteiger partial charge in [-0.3, -0.25) is 14.5 Å². The Bertz CT molecular complexity index is 530. The van der Waals surface area contributed by atoms with Crippen LogP contribution in [-0.4, -0.2) is 61.4 Å². The van der Waals surface area contributed by atoms with Crippen LogP contribution >= 0.6 is 0 Å². The van der Waals surface area contributed by atoms with Gasteiger partial charge < -0.3 is 15.0 Å². The number of para-hydroxylation sites is 2. The molecular weight excluding hydrogens is 294 g/mol. The van der Waals surface area contributed by atoms with E-state index in [9.17, 15) is 9.59 Å². The van der Waals surface area contributed by atoms with E-state index in [0.717, 1.165) is 0 Å². The molecule has 23 heavy (non-hydrogen) atoms. The van der Waals surface area contributed by atoms with Crippen LogP contribution in [0, 0.1) is 0 Å². The van der Waals surface area contributed by atoms with Crippen molar-refractivity contribution in [2.45, 2.75) is 26.8 Å². The van der Waals surface area contributed by atoms with Gasteiger partial charge in [0.2, 0.25) is 11.8 Å². The van der Waals surface area contributed by atoms with E-state index in [1.165, 1.54) is 0 Å². The molecule has 0 saturated carbocycles. The Hall–Kier alpha value is -2.08. The minimum Gasteiger partial charge on any atom is -0.495 e. The van der Waals surface area contributed by atoms with Crippen molar-refractivity contribution in [1.29, 1.82) is 0 Å². The lowest BCUT2D eigenvalue weighted by Crippen LogP contribution is -2.46. The number of rotatable bonds is 8. The summed E-state index contributed by atoms with van der Waals surface area (Å²) < 4.78 is 5.22. The Morgan fingerprint density at radius 2 is 1.83 bits per heavy atom. The van der Waals surface area contributed by atoms with Gasteiger partial charge in [-0.15, -0.1) is 0 Å². The minimum atomic E-state index is -0.431. The lowest BCUT2D eigenvalue weighted by atomic mass is 10.2. The molecule has 0 aliphatic heterocycles. The van der Waals surface area contributed by atoms with Crippen molar-refractivity contribution in [3.05, 3.63) is 24.3 Å². The largest absolute Gasteiger partial charge is 0.495 e. The average molecular weight is 321 g/mol. The van der Waals surface area contributed by atoms with E-state index in [0.29, 0.717) is 24.5 Å². The summed E-state index contributed by atoms with van der Waals surface area (Å²) in [5, 5.41) is 2.84. The molecule has 0 bridgehead atoms. The highest BCUT2D eigenvalue weighted by Crippen LogP contribution is 2.23. The number of carbonyl (C=O) groups is 2. The first kappa shape index (κ1) is 19.0. The Morgan fingerprint density at radius 3 is 2.39 bits per heavy atom. The lowest BCUT2D eigenvalue weighted by Gasteiger charge is -2.27. The highest BCUT2D eigenvalue weighted by atomic mass is 16.5. The zero-order valence-electron chi connectivity index (χ0n) is 14.6. The number of hydrogen-bond donors (Lipinski definition) is 1. The first-order chi connectivity index (χ1) is 10.9. The molecule has 1 unspecified atom stereocenters. The number of ether oxygens (including phenoxy) is 1. The molecule has 0 radical (unpaired) electrons. The van der Waals surface area contributed by atoms with E-state index < -0.39 is 6.04 Å². The second-order valence-corrected chi connectivity index (χ2v) is 5.35. The fourth-order valence-electron chi connectivity index (χ4n) is 2.21. The maximum absolute atomic E-state index is 12.4. The fourth-order valence-corrected chi connectivity index (χ4v) is 2.21. The molecule has 1 atom stereocenters. The molecule has 1 aromatic carbocycles. The van der Waals surface area contributed by atoms with Crippen LogP contribution in [0.15, 0.2) is 24.3 Å². The number of anilines is 1. The number of likely N-dealkylation sites (N-methyl/N-ethyl adjacent to an activating group) is 2. The Labute approximate surface area is 138 Å². The van der Waals surface area contributed by atoms with Crippen LogP contribution < -0.4 is 10.1 Å². The lowest BCUT2D eigenvalue weighted by molar-refractivity contribution is -0.133. The van der Waals surface area contributed by atoms with Crippen LogP contribution in [0.1, 0.15) is 20.8 Å². The Balaban J connectivity index is 2.67. The van der Waals surface area contributed by atoms with Gasteiger partial charge in [0.25, 0.3) is 0 Å². The van der Waals surface area contributed by atoms with E-state index in [1.807, 2.05) is 26.0 Å². The van der Waals surface area contributed by atoms with Gasteiger partial charge in [-0.1, -0.05) is 12.1 Å². The van der Waals surface area contributed by atoms with Gasteiger partial charge in [-0.05, 0) is 40.0 Å². The molecule has 1 aromatic rings. The maximum Gasteiger partial charge on any atom is 0.241 e. The van der Waals surface area contributed by atoms with Crippen molar-refractivity contribution in [3.8, 4) is 5.75 Å². The molecule has 2 amide bonds. The van der Waals surface area contributed by atoms with E-state index in [1.54, 1.807) is 43.0 Å². The summed E-state index contributed by atoms with van der Waals surface area (Å²) in [5.74, 6) is 0.453. The summed E-state index contributed by atoms with van der Waals surface area (Å²) in [6.07, 6.45) is 0. The van der Waals surface area contributed by atoms with E-state index in [2.05, 4.69) is 5.32 Å². The van der Waals surface area contributed by atoms with Gasteiger partial charge in [-0.25, -0.2) is 0 Å². The highest BCUT2D eigenvalue weighted by Gasteiger charge is 2.22. The molecular formula is C17H27N3O3. The predicted molar refractivity (Wildman–Crippen MR) is 91.6 cm³/mol. The normalized spacial score (nSPS) is 11.9. The third kappa shape index (κ3) is 5.25. The molecule has 0 saturated heterocycles. The molecule has 1 N–H and O–H groups in total.